The molecule has 7 nitrogen and oxygen atoms in total. The molecule has 2 amide bonds. The highest BCUT2D eigenvalue weighted by atomic mass is 16.5. The van der Waals surface area contributed by atoms with Crippen molar-refractivity contribution in [3.8, 4) is 17.5 Å². The highest BCUT2D eigenvalue weighted by Crippen LogP contribution is 2.30. The highest BCUT2D eigenvalue weighted by molar-refractivity contribution is 6.09. The number of ether oxygens (including phenoxy) is 1. The van der Waals surface area contributed by atoms with Gasteiger partial charge in [-0.2, -0.15) is 5.26 Å². The predicted octanol–water partition coefficient (Wildman–Crippen LogP) is 5.00. The molecule has 1 fully saturated rings. The lowest BCUT2D eigenvalue weighted by molar-refractivity contribution is -0.117. The van der Waals surface area contributed by atoms with E-state index in [4.69, 9.17) is 4.74 Å². The summed E-state index contributed by atoms with van der Waals surface area (Å²) in [5, 5.41) is 15.2. The molecule has 3 aromatic rings. The van der Waals surface area contributed by atoms with Crippen LogP contribution in [-0.4, -0.2) is 23.5 Å². The third-order valence-corrected chi connectivity index (χ3v) is 5.82. The topological polar surface area (TPSA) is 96.2 Å². The number of carbonyl (C=O) groups is 2. The molecule has 1 aromatic heterocycles. The fraction of sp³-hybridized carbons (Fsp3) is 0.222. The average Bonchev–Trinajstić information content (AvgIpc) is 3.65. The normalized spacial score (nSPS) is 13.2. The predicted molar refractivity (Wildman–Crippen MR) is 132 cm³/mol. The summed E-state index contributed by atoms with van der Waals surface area (Å²) in [5.41, 5.74) is 4.87. The minimum Gasteiger partial charge on any atom is -0.497 e. The van der Waals surface area contributed by atoms with Gasteiger partial charge in [0.1, 0.15) is 17.4 Å². The van der Waals surface area contributed by atoms with Crippen LogP contribution in [-0.2, 0) is 9.59 Å². The van der Waals surface area contributed by atoms with Gasteiger partial charge in [0.25, 0.3) is 5.91 Å². The maximum absolute atomic E-state index is 12.8. The van der Waals surface area contributed by atoms with Gasteiger partial charge in [-0.1, -0.05) is 0 Å². The number of nitrogens with zero attached hydrogens (tertiary/aromatic N) is 2. The van der Waals surface area contributed by atoms with E-state index in [0.29, 0.717) is 11.4 Å². The summed E-state index contributed by atoms with van der Waals surface area (Å²) in [6.45, 7) is 3.93. The number of hydrogen-bond donors (Lipinski definition) is 2. The number of rotatable bonds is 7. The third-order valence-electron chi connectivity index (χ3n) is 5.82. The van der Waals surface area contributed by atoms with Crippen LogP contribution in [0.3, 0.4) is 0 Å². The van der Waals surface area contributed by atoms with E-state index in [1.165, 1.54) is 0 Å². The van der Waals surface area contributed by atoms with Crippen LogP contribution in [0.15, 0.2) is 60.2 Å². The summed E-state index contributed by atoms with van der Waals surface area (Å²) in [6.07, 6.45) is 3.47. The van der Waals surface area contributed by atoms with Crippen LogP contribution >= 0.6 is 0 Å². The largest absolute Gasteiger partial charge is 0.497 e. The van der Waals surface area contributed by atoms with E-state index >= 15 is 0 Å². The van der Waals surface area contributed by atoms with Crippen molar-refractivity contribution in [1.29, 1.82) is 5.26 Å². The Kier molecular flexibility index (Phi) is 6.51. The number of carbonyl (C=O) groups excluding carboxylic acids is 2. The Morgan fingerprint density at radius 3 is 2.21 bits per heavy atom. The molecule has 2 aromatic carbocycles. The number of methoxy groups -OCH3 is 1. The molecule has 1 saturated carbocycles. The van der Waals surface area contributed by atoms with Gasteiger partial charge < -0.3 is 19.9 Å². The molecule has 0 spiro atoms. The second kappa shape index (κ2) is 9.67. The number of benzene rings is 2. The number of anilines is 2. The first-order valence-electron chi connectivity index (χ1n) is 11.1. The van der Waals surface area contributed by atoms with Gasteiger partial charge in [-0.25, -0.2) is 0 Å². The van der Waals surface area contributed by atoms with E-state index in [-0.39, 0.29) is 17.4 Å². The summed E-state index contributed by atoms with van der Waals surface area (Å²) < 4.78 is 7.29. The van der Waals surface area contributed by atoms with Crippen LogP contribution in [0.4, 0.5) is 11.4 Å². The van der Waals surface area contributed by atoms with Gasteiger partial charge in [-0.3, -0.25) is 9.59 Å². The molecule has 7 heteroatoms. The number of aromatic nitrogens is 1. The molecule has 0 unspecified atom stereocenters. The highest BCUT2D eigenvalue weighted by Gasteiger charge is 2.29. The van der Waals surface area contributed by atoms with E-state index in [1.807, 2.05) is 50.2 Å². The van der Waals surface area contributed by atoms with Gasteiger partial charge in [0, 0.05) is 34.4 Å². The van der Waals surface area contributed by atoms with Crippen LogP contribution in [0, 0.1) is 31.1 Å². The molecule has 4 rings (SSSR count). The average molecular weight is 455 g/mol. The van der Waals surface area contributed by atoms with Crippen LogP contribution in [0.1, 0.15) is 29.8 Å². The first-order valence-corrected chi connectivity index (χ1v) is 11.1. The Morgan fingerprint density at radius 1 is 1.03 bits per heavy atom. The number of nitriles is 1. The SMILES string of the molecule is COc1ccc(-n2c(C)cc(/C=C(\C#N)C(=O)Nc3ccc(NC(=O)C4CC4)cc3)c2C)cc1. The van der Waals surface area contributed by atoms with Gasteiger partial charge in [0.2, 0.25) is 5.91 Å². The van der Waals surface area contributed by atoms with Crippen LogP contribution in [0.2, 0.25) is 0 Å². The number of nitrogens with one attached hydrogen (secondary N) is 2. The van der Waals surface area contributed by atoms with Crippen LogP contribution < -0.4 is 15.4 Å². The zero-order valence-corrected chi connectivity index (χ0v) is 19.4. The summed E-state index contributed by atoms with van der Waals surface area (Å²) in [7, 11) is 1.62. The Bertz CT molecular complexity index is 1290. The Morgan fingerprint density at radius 2 is 1.65 bits per heavy atom. The smallest absolute Gasteiger partial charge is 0.266 e. The van der Waals surface area contributed by atoms with Crippen molar-refractivity contribution in [2.24, 2.45) is 5.92 Å². The van der Waals surface area contributed by atoms with Gasteiger partial charge in [0.05, 0.1) is 7.11 Å². The van der Waals surface area contributed by atoms with Crippen molar-refractivity contribution in [3.63, 3.8) is 0 Å². The molecule has 0 bridgehead atoms. The fourth-order valence-corrected chi connectivity index (χ4v) is 3.79. The maximum atomic E-state index is 12.8. The second-order valence-corrected chi connectivity index (χ2v) is 8.32. The first kappa shape index (κ1) is 22.9. The van der Waals surface area contributed by atoms with Gasteiger partial charge >= 0.3 is 0 Å². The van der Waals surface area contributed by atoms with Crippen molar-refractivity contribution in [2.45, 2.75) is 26.7 Å². The zero-order chi connectivity index (χ0) is 24.2. The Hall–Kier alpha value is -4.31. The summed E-state index contributed by atoms with van der Waals surface area (Å²) >= 11 is 0. The van der Waals surface area contributed by atoms with Crippen LogP contribution in [0.25, 0.3) is 11.8 Å². The monoisotopic (exact) mass is 454 g/mol. The molecule has 2 N–H and O–H groups in total. The van der Waals surface area contributed by atoms with E-state index in [9.17, 15) is 14.9 Å². The van der Waals surface area contributed by atoms with Crippen molar-refractivity contribution in [2.75, 3.05) is 17.7 Å². The lowest BCUT2D eigenvalue weighted by Crippen LogP contribution is -2.14. The lowest BCUT2D eigenvalue weighted by atomic mass is 10.1. The first-order chi connectivity index (χ1) is 16.4. The summed E-state index contributed by atoms with van der Waals surface area (Å²) in [6, 6.07) is 18.5. The molecule has 1 heterocycles. The van der Waals surface area contributed by atoms with Crippen molar-refractivity contribution < 1.29 is 14.3 Å². The van der Waals surface area contributed by atoms with E-state index in [0.717, 1.165) is 41.2 Å². The van der Waals surface area contributed by atoms with Crippen LogP contribution in [0.5, 0.6) is 5.75 Å². The number of hydrogen-bond acceptors (Lipinski definition) is 4. The Balaban J connectivity index is 1.50. The van der Waals surface area contributed by atoms with Crippen molar-refractivity contribution in [1.82, 2.24) is 4.57 Å². The van der Waals surface area contributed by atoms with E-state index in [2.05, 4.69) is 15.2 Å². The summed E-state index contributed by atoms with van der Waals surface area (Å²) in [5.74, 6) is 0.424. The maximum Gasteiger partial charge on any atom is 0.266 e. The van der Waals surface area contributed by atoms with Gasteiger partial charge in [0.15, 0.2) is 0 Å². The fourth-order valence-electron chi connectivity index (χ4n) is 3.79. The molecule has 0 atom stereocenters. The third kappa shape index (κ3) is 5.02. The van der Waals surface area contributed by atoms with Crippen molar-refractivity contribution >= 4 is 29.3 Å². The minimum absolute atomic E-state index is 0.00101. The molecule has 0 radical (unpaired) electrons. The quantitative estimate of drug-likeness (QED) is 0.388. The zero-order valence-electron chi connectivity index (χ0n) is 19.4. The number of amides is 2. The molecule has 1 aliphatic rings. The van der Waals surface area contributed by atoms with Crippen molar-refractivity contribution in [3.05, 3.63) is 77.1 Å². The van der Waals surface area contributed by atoms with E-state index in [1.54, 1.807) is 37.5 Å². The molecule has 0 saturated heterocycles. The summed E-state index contributed by atoms with van der Waals surface area (Å²) in [4.78, 5) is 24.6. The standard InChI is InChI=1S/C27H26N4O3/c1-17-14-20(18(2)31(17)24-10-12-25(34-3)13-11-24)15-21(16-28)27(33)30-23-8-6-22(7-9-23)29-26(32)19-4-5-19/h6-15,19H,4-5H2,1-3H3,(H,29,32)(H,30,33)/b21-15+. The second-order valence-electron chi connectivity index (χ2n) is 8.32. The number of aryl methyl sites for hydroxylation is 1. The molecule has 0 aliphatic heterocycles. The molecule has 34 heavy (non-hydrogen) atoms. The molecular formula is C27H26N4O3. The molecule has 172 valence electrons. The van der Waals surface area contributed by atoms with Gasteiger partial charge in [-0.05, 0) is 92.9 Å². The molecular weight excluding hydrogens is 428 g/mol. The van der Waals surface area contributed by atoms with Gasteiger partial charge in [-0.15, -0.1) is 0 Å². The minimum atomic E-state index is -0.494. The molecule has 1 aliphatic carbocycles. The van der Waals surface area contributed by atoms with E-state index < -0.39 is 5.91 Å². The lowest BCUT2D eigenvalue weighted by Gasteiger charge is -2.10. The Labute approximate surface area is 198 Å².